The van der Waals surface area contributed by atoms with Crippen molar-refractivity contribution in [1.82, 2.24) is 19.4 Å². The molecule has 9 heteroatoms. The van der Waals surface area contributed by atoms with Crippen molar-refractivity contribution in [1.29, 1.82) is 0 Å². The van der Waals surface area contributed by atoms with E-state index in [0.717, 1.165) is 5.56 Å². The minimum atomic E-state index is -4.04. The minimum absolute atomic E-state index is 0. The number of benzene rings is 3. The summed E-state index contributed by atoms with van der Waals surface area (Å²) in [6.45, 7) is 0.590. The van der Waals surface area contributed by atoms with Crippen LogP contribution in [0.2, 0.25) is 0 Å². The Morgan fingerprint density at radius 1 is 0.892 bits per heavy atom. The number of amides is 1. The Hall–Kier alpha value is -4.50. The van der Waals surface area contributed by atoms with Gasteiger partial charge in [0.25, 0.3) is 15.9 Å². The molecule has 0 atom stereocenters. The van der Waals surface area contributed by atoms with Gasteiger partial charge in [-0.3, -0.25) is 14.5 Å². The number of imidazole rings is 1. The van der Waals surface area contributed by atoms with Gasteiger partial charge >= 0.3 is 0 Å². The number of carbonyl (C=O) groups excluding carboxylic acids is 1. The quantitative estimate of drug-likeness (QED) is 0.320. The van der Waals surface area contributed by atoms with Crippen LogP contribution in [-0.4, -0.2) is 33.8 Å². The zero-order valence-electron chi connectivity index (χ0n) is 20.2. The van der Waals surface area contributed by atoms with Gasteiger partial charge in [0, 0.05) is 39.0 Å². The van der Waals surface area contributed by atoms with Crippen LogP contribution in [0.4, 0.5) is 5.69 Å². The Labute approximate surface area is 216 Å². The van der Waals surface area contributed by atoms with Gasteiger partial charge in [-0.25, -0.2) is 13.4 Å². The highest BCUT2D eigenvalue weighted by atomic mass is 32.2. The molecule has 0 unspecified atom stereocenters. The van der Waals surface area contributed by atoms with E-state index in [1.54, 1.807) is 65.8 Å². The molecule has 1 N–H and O–H groups in total. The fraction of sp³-hybridized carbons (Fsp3) is 0.107. The molecule has 0 saturated heterocycles. The van der Waals surface area contributed by atoms with Crippen molar-refractivity contribution in [3.05, 3.63) is 120 Å². The molecule has 37 heavy (non-hydrogen) atoms. The molecule has 2 heterocycles. The second-order valence-electron chi connectivity index (χ2n) is 8.58. The summed E-state index contributed by atoms with van der Waals surface area (Å²) in [7, 11) is -2.17. The lowest BCUT2D eigenvalue weighted by Crippen LogP contribution is -2.32. The number of carbonyl (C=O) groups is 1. The van der Waals surface area contributed by atoms with E-state index in [1.807, 2.05) is 48.1 Å². The lowest BCUT2D eigenvalue weighted by atomic mass is 10.1. The number of pyridine rings is 1. The van der Waals surface area contributed by atoms with E-state index in [0.29, 0.717) is 23.3 Å². The molecule has 188 valence electrons. The van der Waals surface area contributed by atoms with Gasteiger partial charge in [-0.2, -0.15) is 0 Å². The maximum Gasteiger partial charge on any atom is 0.264 e. The zero-order valence-corrected chi connectivity index (χ0v) is 21.0. The van der Waals surface area contributed by atoms with Crippen molar-refractivity contribution >= 4 is 32.5 Å². The van der Waals surface area contributed by atoms with Crippen LogP contribution in [0.1, 0.15) is 23.2 Å². The van der Waals surface area contributed by atoms with Gasteiger partial charge in [0.15, 0.2) is 0 Å². The molecule has 5 aromatic rings. The number of hydrogen-bond donors (Lipinski definition) is 1. The predicted molar refractivity (Wildman–Crippen MR) is 144 cm³/mol. The van der Waals surface area contributed by atoms with Gasteiger partial charge in [0.1, 0.15) is 10.7 Å². The van der Waals surface area contributed by atoms with Gasteiger partial charge < -0.3 is 9.47 Å². The van der Waals surface area contributed by atoms with E-state index in [4.69, 9.17) is 0 Å². The fourth-order valence-electron chi connectivity index (χ4n) is 4.14. The second-order valence-corrected chi connectivity index (χ2v) is 10.2. The maximum absolute atomic E-state index is 13.9. The molecule has 0 aliphatic carbocycles. The number of nitrogens with one attached hydrogen (secondary N) is 1. The van der Waals surface area contributed by atoms with Crippen LogP contribution in [0.3, 0.4) is 0 Å². The van der Waals surface area contributed by atoms with Gasteiger partial charge in [0.2, 0.25) is 0 Å². The number of rotatable bonds is 8. The molecule has 3 aromatic carbocycles. The van der Waals surface area contributed by atoms with Gasteiger partial charge in [-0.1, -0.05) is 60.7 Å². The van der Waals surface area contributed by atoms with E-state index < -0.39 is 10.0 Å². The number of hydrogen-bond acceptors (Lipinski definition) is 5. The van der Waals surface area contributed by atoms with Crippen LogP contribution in [-0.2, 0) is 30.2 Å². The molecule has 0 aliphatic rings. The molecule has 5 rings (SSSR count). The van der Waals surface area contributed by atoms with Crippen molar-refractivity contribution < 1.29 is 14.6 Å². The fourth-order valence-corrected chi connectivity index (χ4v) is 5.40. The summed E-state index contributed by atoms with van der Waals surface area (Å²) in [5.74, 6) is 0.394. The first-order valence-corrected chi connectivity index (χ1v) is 13.2. The number of sulfonamides is 1. The van der Waals surface area contributed by atoms with Gasteiger partial charge in [0.05, 0.1) is 23.3 Å². The van der Waals surface area contributed by atoms with Crippen LogP contribution in [0.5, 0.6) is 0 Å². The molecular weight excluding hydrogens is 486 g/mol. The van der Waals surface area contributed by atoms with E-state index in [9.17, 15) is 13.2 Å². The first kappa shape index (κ1) is 24.2. The molecule has 0 bridgehead atoms. The van der Waals surface area contributed by atoms with E-state index >= 15 is 0 Å². The molecule has 8 nitrogen and oxygen atoms in total. The maximum atomic E-state index is 13.9. The Morgan fingerprint density at radius 2 is 1.65 bits per heavy atom. The van der Waals surface area contributed by atoms with Crippen molar-refractivity contribution in [2.24, 2.45) is 7.05 Å². The first-order chi connectivity index (χ1) is 17.9. The minimum Gasteiger partial charge on any atom is -0.337 e. The van der Waals surface area contributed by atoms with E-state index in [1.165, 1.54) is 6.07 Å². The van der Waals surface area contributed by atoms with Crippen LogP contribution in [0.25, 0.3) is 10.9 Å². The van der Waals surface area contributed by atoms with Crippen LogP contribution < -0.4 is 4.72 Å². The Morgan fingerprint density at radius 3 is 2.43 bits per heavy atom. The number of aromatic nitrogens is 3. The summed E-state index contributed by atoms with van der Waals surface area (Å²) in [5, 5.41) is 0.707. The highest BCUT2D eigenvalue weighted by molar-refractivity contribution is 7.93. The number of anilines is 1. The van der Waals surface area contributed by atoms with Crippen molar-refractivity contribution in [2.75, 3.05) is 4.72 Å². The Bertz CT molecular complexity index is 1670. The summed E-state index contributed by atoms with van der Waals surface area (Å²) >= 11 is 0. The van der Waals surface area contributed by atoms with E-state index in [2.05, 4.69) is 14.7 Å². The average Bonchev–Trinajstić information content (AvgIpc) is 3.32. The summed E-state index contributed by atoms with van der Waals surface area (Å²) in [4.78, 5) is 24.2. The summed E-state index contributed by atoms with van der Waals surface area (Å²) in [6, 6.07) is 24.8. The zero-order chi connectivity index (χ0) is 25.8. The molecule has 2 aromatic heterocycles. The van der Waals surface area contributed by atoms with E-state index in [-0.39, 0.29) is 30.0 Å². The molecule has 0 saturated carbocycles. The lowest BCUT2D eigenvalue weighted by molar-refractivity contribution is 0.0725. The predicted octanol–water partition coefficient (Wildman–Crippen LogP) is 4.86. The standard InChI is InChI=1S/C28H25N5O3S.H2/c1-32-18-17-29-26(32)20-33(19-21-9-3-2-4-10-21)28(34)23-13-5-6-14-24(23)31-37(35,36)25-15-7-11-22-12-8-16-30-27(22)25;/h2-18,31H,19-20H2,1H3;1H. The van der Waals surface area contributed by atoms with Crippen molar-refractivity contribution in [2.45, 2.75) is 18.0 Å². The third-order valence-corrected chi connectivity index (χ3v) is 7.44. The number of para-hydroxylation sites is 2. The Kier molecular flexibility index (Phi) is 6.70. The SMILES string of the molecule is Cn1ccnc1CN(Cc1ccccc1)C(=O)c1ccccc1NS(=O)(=O)c1cccc2cccnc12.[HH]. The third-order valence-electron chi connectivity index (χ3n) is 6.04. The highest BCUT2D eigenvalue weighted by Gasteiger charge is 2.25. The molecule has 1 amide bonds. The number of nitrogens with zero attached hydrogens (tertiary/aromatic N) is 4. The average molecular weight is 514 g/mol. The molecule has 0 fully saturated rings. The topological polar surface area (TPSA) is 97.2 Å². The lowest BCUT2D eigenvalue weighted by Gasteiger charge is -2.24. The Balaban J connectivity index is 0.00000336. The summed E-state index contributed by atoms with van der Waals surface area (Å²) in [6.07, 6.45) is 5.06. The number of aryl methyl sites for hydroxylation is 1. The van der Waals surface area contributed by atoms with Crippen LogP contribution in [0.15, 0.2) is 108 Å². The normalized spacial score (nSPS) is 11.4. The van der Waals surface area contributed by atoms with Crippen LogP contribution >= 0.6 is 0 Å². The first-order valence-electron chi connectivity index (χ1n) is 11.7. The highest BCUT2D eigenvalue weighted by Crippen LogP contribution is 2.26. The largest absolute Gasteiger partial charge is 0.337 e. The smallest absolute Gasteiger partial charge is 0.264 e. The molecule has 0 radical (unpaired) electrons. The van der Waals surface area contributed by atoms with Crippen LogP contribution in [0, 0.1) is 0 Å². The molecule has 0 spiro atoms. The molecule has 0 aliphatic heterocycles. The van der Waals surface area contributed by atoms with Gasteiger partial charge in [-0.05, 0) is 29.8 Å². The van der Waals surface area contributed by atoms with Crippen molar-refractivity contribution in [3.63, 3.8) is 0 Å². The third kappa shape index (κ3) is 5.22. The van der Waals surface area contributed by atoms with Gasteiger partial charge in [-0.15, -0.1) is 0 Å². The number of fused-ring (bicyclic) bond motifs is 1. The second kappa shape index (κ2) is 10.2. The summed E-state index contributed by atoms with van der Waals surface area (Å²) in [5.41, 5.74) is 1.74. The molecular formula is C28H27N5O3S. The summed E-state index contributed by atoms with van der Waals surface area (Å²) < 4.78 is 31.4. The van der Waals surface area contributed by atoms with Crippen molar-refractivity contribution in [3.8, 4) is 0 Å². The monoisotopic (exact) mass is 513 g/mol.